The lowest BCUT2D eigenvalue weighted by atomic mass is 10.2. The van der Waals surface area contributed by atoms with Crippen LogP contribution in [-0.4, -0.2) is 26.6 Å². The van der Waals surface area contributed by atoms with E-state index < -0.39 is 10.0 Å². The highest BCUT2D eigenvalue weighted by molar-refractivity contribution is 9.10. The Hall–Kier alpha value is -1.83. The molecule has 1 aromatic heterocycles. The van der Waals surface area contributed by atoms with Gasteiger partial charge in [0, 0.05) is 24.8 Å². The van der Waals surface area contributed by atoms with Gasteiger partial charge in [0.15, 0.2) is 0 Å². The standard InChI is InChI=1S/C18H19BrN2O3S/c1-24-18-8-7-15(13-16(18)19)25(22,23)20-10-4-11-21-12-9-14-5-2-3-6-17(14)21/h2-3,5-9,12-13,20H,4,10-11H2,1H3. The molecule has 5 nitrogen and oxygen atoms in total. The molecule has 0 amide bonds. The summed E-state index contributed by atoms with van der Waals surface area (Å²) in [6.45, 7) is 1.13. The summed E-state index contributed by atoms with van der Waals surface area (Å²) in [5.41, 5.74) is 1.16. The Bertz CT molecular complexity index is 983. The Morgan fingerprint density at radius 1 is 1.16 bits per heavy atom. The minimum absolute atomic E-state index is 0.214. The first-order valence-corrected chi connectivity index (χ1v) is 10.2. The molecule has 0 spiro atoms. The second kappa shape index (κ2) is 7.59. The molecule has 25 heavy (non-hydrogen) atoms. The summed E-state index contributed by atoms with van der Waals surface area (Å²) in [4.78, 5) is 0.214. The van der Waals surface area contributed by atoms with Crippen molar-refractivity contribution >= 4 is 36.9 Å². The first-order chi connectivity index (χ1) is 12.0. The molecule has 0 bridgehead atoms. The maximum atomic E-state index is 12.4. The van der Waals surface area contributed by atoms with Gasteiger partial charge in [-0.25, -0.2) is 13.1 Å². The summed E-state index contributed by atoms with van der Waals surface area (Å²) >= 11 is 3.31. The average Bonchev–Trinajstić information content (AvgIpc) is 3.02. The Balaban J connectivity index is 1.60. The molecule has 0 aliphatic rings. The molecule has 1 N–H and O–H groups in total. The zero-order valence-electron chi connectivity index (χ0n) is 13.8. The van der Waals surface area contributed by atoms with Crippen molar-refractivity contribution in [1.82, 2.24) is 9.29 Å². The fourth-order valence-electron chi connectivity index (χ4n) is 2.69. The Morgan fingerprint density at radius 3 is 2.72 bits per heavy atom. The first-order valence-electron chi connectivity index (χ1n) is 7.88. The minimum atomic E-state index is -3.54. The number of methoxy groups -OCH3 is 1. The van der Waals surface area contributed by atoms with E-state index >= 15 is 0 Å². The monoisotopic (exact) mass is 422 g/mol. The molecule has 0 aliphatic heterocycles. The van der Waals surface area contributed by atoms with Crippen molar-refractivity contribution in [1.29, 1.82) is 0 Å². The van der Waals surface area contributed by atoms with Gasteiger partial charge in [-0.2, -0.15) is 0 Å². The number of nitrogens with one attached hydrogen (secondary N) is 1. The van der Waals surface area contributed by atoms with Crippen LogP contribution < -0.4 is 9.46 Å². The molecule has 2 aromatic carbocycles. The number of hydrogen-bond acceptors (Lipinski definition) is 3. The smallest absolute Gasteiger partial charge is 0.240 e. The van der Waals surface area contributed by atoms with E-state index in [1.807, 2.05) is 18.3 Å². The number of benzene rings is 2. The molecule has 0 fully saturated rings. The van der Waals surface area contributed by atoms with Crippen LogP contribution in [0.3, 0.4) is 0 Å². The average molecular weight is 423 g/mol. The molecule has 0 saturated carbocycles. The topological polar surface area (TPSA) is 60.3 Å². The number of para-hydroxylation sites is 1. The van der Waals surface area contributed by atoms with E-state index in [9.17, 15) is 8.42 Å². The van der Waals surface area contributed by atoms with E-state index in [0.717, 1.165) is 12.1 Å². The minimum Gasteiger partial charge on any atom is -0.496 e. The number of hydrogen-bond donors (Lipinski definition) is 1. The Kier molecular flexibility index (Phi) is 5.46. The normalized spacial score (nSPS) is 11.8. The predicted octanol–water partition coefficient (Wildman–Crippen LogP) is 3.78. The lowest BCUT2D eigenvalue weighted by molar-refractivity contribution is 0.411. The maximum absolute atomic E-state index is 12.4. The summed E-state index contributed by atoms with van der Waals surface area (Å²) in [5.74, 6) is 0.596. The highest BCUT2D eigenvalue weighted by Crippen LogP contribution is 2.27. The van der Waals surface area contributed by atoms with Gasteiger partial charge >= 0.3 is 0 Å². The molecule has 0 unspecified atom stereocenters. The van der Waals surface area contributed by atoms with E-state index in [1.165, 1.54) is 18.6 Å². The highest BCUT2D eigenvalue weighted by Gasteiger charge is 2.15. The number of halogens is 1. The van der Waals surface area contributed by atoms with Crippen LogP contribution in [0.1, 0.15) is 6.42 Å². The number of sulfonamides is 1. The van der Waals surface area contributed by atoms with Crippen LogP contribution in [0.5, 0.6) is 5.75 Å². The Labute approximate surface area is 155 Å². The van der Waals surface area contributed by atoms with E-state index in [4.69, 9.17) is 4.74 Å². The molecule has 7 heteroatoms. The number of nitrogens with zero attached hydrogens (tertiary/aromatic N) is 1. The molecular formula is C18H19BrN2O3S. The molecule has 0 atom stereocenters. The van der Waals surface area contributed by atoms with E-state index in [1.54, 1.807) is 12.1 Å². The number of aryl methyl sites for hydroxylation is 1. The number of aromatic nitrogens is 1. The second-order valence-electron chi connectivity index (χ2n) is 5.62. The summed E-state index contributed by atoms with van der Waals surface area (Å²) in [7, 11) is -2.00. The Morgan fingerprint density at radius 2 is 1.96 bits per heavy atom. The van der Waals surface area contributed by atoms with Gasteiger partial charge in [-0.15, -0.1) is 0 Å². The van der Waals surface area contributed by atoms with Gasteiger partial charge in [-0.3, -0.25) is 0 Å². The van der Waals surface area contributed by atoms with Crippen LogP contribution in [0, 0.1) is 0 Å². The summed E-state index contributed by atoms with van der Waals surface area (Å²) in [5, 5.41) is 1.19. The van der Waals surface area contributed by atoms with Gasteiger partial charge in [0.05, 0.1) is 16.5 Å². The zero-order valence-corrected chi connectivity index (χ0v) is 16.2. The van der Waals surface area contributed by atoms with Crippen LogP contribution in [-0.2, 0) is 16.6 Å². The van der Waals surface area contributed by atoms with Crippen LogP contribution in [0.4, 0.5) is 0 Å². The van der Waals surface area contributed by atoms with Crippen LogP contribution in [0.25, 0.3) is 10.9 Å². The second-order valence-corrected chi connectivity index (χ2v) is 8.24. The first kappa shape index (κ1) is 18.0. The van der Waals surface area contributed by atoms with Crippen molar-refractivity contribution in [3.8, 4) is 5.75 Å². The SMILES string of the molecule is COc1ccc(S(=O)(=O)NCCCn2ccc3ccccc32)cc1Br. The van der Waals surface area contributed by atoms with Crippen molar-refractivity contribution in [3.63, 3.8) is 0 Å². The highest BCUT2D eigenvalue weighted by atomic mass is 79.9. The predicted molar refractivity (Wildman–Crippen MR) is 102 cm³/mol. The molecule has 3 rings (SSSR count). The molecule has 0 aliphatic carbocycles. The van der Waals surface area contributed by atoms with Gasteiger partial charge < -0.3 is 9.30 Å². The van der Waals surface area contributed by atoms with Crippen molar-refractivity contribution in [2.24, 2.45) is 0 Å². The van der Waals surface area contributed by atoms with Crippen molar-refractivity contribution in [3.05, 3.63) is 59.2 Å². The zero-order chi connectivity index (χ0) is 17.9. The quantitative estimate of drug-likeness (QED) is 0.589. The van der Waals surface area contributed by atoms with Crippen LogP contribution in [0.15, 0.2) is 64.1 Å². The van der Waals surface area contributed by atoms with Gasteiger partial charge in [-0.05, 0) is 58.1 Å². The van der Waals surface area contributed by atoms with Gasteiger partial charge in [0.25, 0.3) is 0 Å². The van der Waals surface area contributed by atoms with Crippen LogP contribution >= 0.6 is 15.9 Å². The summed E-state index contributed by atoms with van der Waals surface area (Å²) in [6, 6.07) is 14.9. The van der Waals surface area contributed by atoms with E-state index in [2.05, 4.69) is 43.4 Å². The molecule has 1 heterocycles. The van der Waals surface area contributed by atoms with E-state index in [-0.39, 0.29) is 4.90 Å². The fourth-order valence-corrected chi connectivity index (χ4v) is 4.48. The summed E-state index contributed by atoms with van der Waals surface area (Å²) in [6.07, 6.45) is 2.73. The molecule has 132 valence electrons. The number of ether oxygens (including phenoxy) is 1. The lowest BCUT2D eigenvalue weighted by Crippen LogP contribution is -2.25. The molecule has 3 aromatic rings. The number of rotatable bonds is 7. The van der Waals surface area contributed by atoms with Gasteiger partial charge in [-0.1, -0.05) is 18.2 Å². The fraction of sp³-hybridized carbons (Fsp3) is 0.222. The summed E-state index contributed by atoms with van der Waals surface area (Å²) < 4.78 is 35.3. The molecular weight excluding hydrogens is 404 g/mol. The van der Waals surface area contributed by atoms with Crippen molar-refractivity contribution in [2.45, 2.75) is 17.9 Å². The van der Waals surface area contributed by atoms with Crippen molar-refractivity contribution < 1.29 is 13.2 Å². The number of fused-ring (bicyclic) bond motifs is 1. The lowest BCUT2D eigenvalue weighted by Gasteiger charge is -2.10. The van der Waals surface area contributed by atoms with Crippen LogP contribution in [0.2, 0.25) is 0 Å². The largest absolute Gasteiger partial charge is 0.496 e. The molecule has 0 saturated heterocycles. The molecule has 0 radical (unpaired) electrons. The van der Waals surface area contributed by atoms with Gasteiger partial charge in [0.2, 0.25) is 10.0 Å². The van der Waals surface area contributed by atoms with Crippen molar-refractivity contribution in [2.75, 3.05) is 13.7 Å². The van der Waals surface area contributed by atoms with Gasteiger partial charge in [0.1, 0.15) is 5.75 Å². The van der Waals surface area contributed by atoms with E-state index in [0.29, 0.717) is 23.2 Å². The third-order valence-corrected chi connectivity index (χ3v) is 6.06. The third-order valence-electron chi connectivity index (χ3n) is 3.98. The third kappa shape index (κ3) is 4.05. The maximum Gasteiger partial charge on any atom is 0.240 e.